The number of carbonyl (C=O) groups is 4. The van der Waals surface area contributed by atoms with E-state index in [9.17, 15) is 43.2 Å². The lowest BCUT2D eigenvalue weighted by molar-refractivity contribution is -0.161. The number of ether oxygens (including phenoxy) is 4. The first-order valence-corrected chi connectivity index (χ1v) is 44.5. The molecular weight excluding hydrogens is 1290 g/mol. The third-order valence-electron chi connectivity index (χ3n) is 19.1. The molecule has 0 radical (unpaired) electrons. The Morgan fingerprint density at radius 2 is 0.515 bits per heavy atom. The van der Waals surface area contributed by atoms with E-state index in [1.165, 1.54) is 231 Å². The molecule has 0 aliphatic heterocycles. The van der Waals surface area contributed by atoms with Crippen LogP contribution < -0.4 is 0 Å². The van der Waals surface area contributed by atoms with Gasteiger partial charge in [0.05, 0.1) is 26.4 Å². The minimum absolute atomic E-state index is 0.106. The van der Waals surface area contributed by atoms with E-state index in [-0.39, 0.29) is 25.7 Å². The molecule has 0 heterocycles. The first-order chi connectivity index (χ1) is 47.9. The smallest absolute Gasteiger partial charge is 0.462 e. The van der Waals surface area contributed by atoms with Crippen LogP contribution in [0.4, 0.5) is 0 Å². The van der Waals surface area contributed by atoms with Gasteiger partial charge in [-0.3, -0.25) is 37.3 Å². The second-order valence-corrected chi connectivity index (χ2v) is 32.4. The summed E-state index contributed by atoms with van der Waals surface area (Å²) in [5.74, 6) is -0.559. The molecule has 0 aromatic carbocycles. The SMILES string of the molecule is CCCCCCCCCCCCCCCCCCCC(=O)OC[C@H](COP(=O)(O)OC[C@@H](O)COP(=O)(O)OC[C@@H](COC(=O)CCCCCCCCC(C)CC)OC(=O)CCCCCCCCCCCCC)OC(=O)CCCCCCCCCCCCCCCCCCCCC(C)C. The van der Waals surface area contributed by atoms with Crippen LogP contribution >= 0.6 is 15.6 Å². The number of carbonyl (C=O) groups excluding carboxylic acids is 4. The van der Waals surface area contributed by atoms with Crippen LogP contribution in [0.3, 0.4) is 0 Å². The first-order valence-electron chi connectivity index (χ1n) is 41.5. The molecule has 19 heteroatoms. The van der Waals surface area contributed by atoms with Crippen LogP contribution in [0.5, 0.6) is 0 Å². The van der Waals surface area contributed by atoms with E-state index in [2.05, 4.69) is 41.5 Å². The zero-order chi connectivity index (χ0) is 72.8. The number of esters is 4. The third-order valence-corrected chi connectivity index (χ3v) is 21.0. The Morgan fingerprint density at radius 3 is 0.768 bits per heavy atom. The lowest BCUT2D eigenvalue weighted by atomic mass is 10.00. The zero-order valence-corrected chi connectivity index (χ0v) is 66.6. The summed E-state index contributed by atoms with van der Waals surface area (Å²) < 4.78 is 68.6. The molecule has 3 N–H and O–H groups in total. The van der Waals surface area contributed by atoms with Crippen molar-refractivity contribution in [2.75, 3.05) is 39.6 Å². The summed E-state index contributed by atoms with van der Waals surface area (Å²) in [5.41, 5.74) is 0. The number of rotatable bonds is 79. The maximum atomic E-state index is 13.1. The highest BCUT2D eigenvalue weighted by atomic mass is 31.2. The molecule has 0 rings (SSSR count). The molecule has 0 aliphatic carbocycles. The van der Waals surface area contributed by atoms with Crippen LogP contribution in [-0.2, 0) is 65.4 Å². The van der Waals surface area contributed by atoms with Crippen molar-refractivity contribution >= 4 is 39.5 Å². The van der Waals surface area contributed by atoms with Gasteiger partial charge >= 0.3 is 39.5 Å². The summed E-state index contributed by atoms with van der Waals surface area (Å²) >= 11 is 0. The maximum Gasteiger partial charge on any atom is 0.472 e. The highest BCUT2D eigenvalue weighted by Gasteiger charge is 2.30. The summed E-state index contributed by atoms with van der Waals surface area (Å²) in [4.78, 5) is 72.9. The molecule has 588 valence electrons. The van der Waals surface area contributed by atoms with E-state index in [1.807, 2.05) is 0 Å². The van der Waals surface area contributed by atoms with E-state index in [1.54, 1.807) is 0 Å². The Morgan fingerprint density at radius 1 is 0.293 bits per heavy atom. The van der Waals surface area contributed by atoms with Gasteiger partial charge in [-0.05, 0) is 37.5 Å². The fraction of sp³-hybridized carbons (Fsp3) is 0.950. The highest BCUT2D eigenvalue weighted by Crippen LogP contribution is 2.45. The maximum absolute atomic E-state index is 13.1. The molecule has 0 bridgehead atoms. The molecule has 0 saturated carbocycles. The Hall–Kier alpha value is -1.94. The van der Waals surface area contributed by atoms with Crippen LogP contribution in [0.25, 0.3) is 0 Å². The number of phosphoric ester groups is 2. The van der Waals surface area contributed by atoms with Gasteiger partial charge in [0.25, 0.3) is 0 Å². The van der Waals surface area contributed by atoms with Crippen LogP contribution in [0.15, 0.2) is 0 Å². The number of aliphatic hydroxyl groups excluding tert-OH is 1. The van der Waals surface area contributed by atoms with Gasteiger partial charge in [0.15, 0.2) is 12.2 Å². The lowest BCUT2D eigenvalue weighted by Crippen LogP contribution is -2.30. The first kappa shape index (κ1) is 97.1. The van der Waals surface area contributed by atoms with Crippen LogP contribution in [-0.4, -0.2) is 96.7 Å². The molecule has 99 heavy (non-hydrogen) atoms. The molecule has 0 aromatic heterocycles. The second kappa shape index (κ2) is 71.7. The Kier molecular flexibility index (Phi) is 70.3. The van der Waals surface area contributed by atoms with Crippen LogP contribution in [0, 0.1) is 11.8 Å². The molecular formula is C80H156O17P2. The van der Waals surface area contributed by atoms with Crippen molar-refractivity contribution < 1.29 is 80.2 Å². The van der Waals surface area contributed by atoms with Gasteiger partial charge in [-0.25, -0.2) is 9.13 Å². The third kappa shape index (κ3) is 72.8. The molecule has 17 nitrogen and oxygen atoms in total. The van der Waals surface area contributed by atoms with E-state index in [0.29, 0.717) is 25.7 Å². The Bertz CT molecular complexity index is 1910. The summed E-state index contributed by atoms with van der Waals surface area (Å²) in [6.45, 7) is 9.62. The molecule has 0 saturated heterocycles. The predicted molar refractivity (Wildman–Crippen MR) is 405 cm³/mol. The van der Waals surface area contributed by atoms with Crippen molar-refractivity contribution in [1.82, 2.24) is 0 Å². The molecule has 0 amide bonds. The van der Waals surface area contributed by atoms with E-state index >= 15 is 0 Å². The summed E-state index contributed by atoms with van der Waals surface area (Å²) in [5, 5.41) is 10.6. The van der Waals surface area contributed by atoms with E-state index in [4.69, 9.17) is 37.0 Å². The van der Waals surface area contributed by atoms with Gasteiger partial charge in [0, 0.05) is 25.7 Å². The van der Waals surface area contributed by atoms with Crippen molar-refractivity contribution in [3.63, 3.8) is 0 Å². The number of phosphoric acid groups is 2. The van der Waals surface area contributed by atoms with Crippen LogP contribution in [0.2, 0.25) is 0 Å². The van der Waals surface area contributed by atoms with Crippen LogP contribution in [0.1, 0.15) is 420 Å². The molecule has 6 atom stereocenters. The van der Waals surface area contributed by atoms with Crippen molar-refractivity contribution in [2.24, 2.45) is 11.8 Å². The summed E-state index contributed by atoms with van der Waals surface area (Å²) in [7, 11) is -9.92. The van der Waals surface area contributed by atoms with E-state index < -0.39 is 97.5 Å². The minimum atomic E-state index is -4.96. The normalized spacial score (nSPS) is 14.2. The summed E-state index contributed by atoms with van der Waals surface area (Å²) in [6.07, 6.45) is 61.1. The number of aliphatic hydroxyl groups is 1. The topological polar surface area (TPSA) is 237 Å². The molecule has 0 fully saturated rings. The predicted octanol–water partition coefficient (Wildman–Crippen LogP) is 23.9. The van der Waals surface area contributed by atoms with Crippen molar-refractivity contribution in [3.8, 4) is 0 Å². The quantitative estimate of drug-likeness (QED) is 0.0222. The van der Waals surface area contributed by atoms with Crippen molar-refractivity contribution in [3.05, 3.63) is 0 Å². The van der Waals surface area contributed by atoms with Gasteiger partial charge in [-0.15, -0.1) is 0 Å². The highest BCUT2D eigenvalue weighted by molar-refractivity contribution is 7.47. The van der Waals surface area contributed by atoms with Crippen molar-refractivity contribution in [2.45, 2.75) is 439 Å². The summed E-state index contributed by atoms with van der Waals surface area (Å²) in [6, 6.07) is 0. The van der Waals surface area contributed by atoms with Gasteiger partial charge in [-0.2, -0.15) is 0 Å². The fourth-order valence-electron chi connectivity index (χ4n) is 12.3. The van der Waals surface area contributed by atoms with E-state index in [0.717, 1.165) is 108 Å². The molecule has 0 aliphatic rings. The molecule has 3 unspecified atom stereocenters. The number of hydrogen-bond donors (Lipinski definition) is 3. The minimum Gasteiger partial charge on any atom is -0.462 e. The number of unbranched alkanes of at least 4 members (excludes halogenated alkanes) is 48. The second-order valence-electron chi connectivity index (χ2n) is 29.5. The van der Waals surface area contributed by atoms with Gasteiger partial charge in [0.1, 0.15) is 19.3 Å². The molecule has 0 aromatic rings. The monoisotopic (exact) mass is 1450 g/mol. The largest absolute Gasteiger partial charge is 0.472 e. The number of hydrogen-bond acceptors (Lipinski definition) is 15. The molecule has 0 spiro atoms. The fourth-order valence-corrected chi connectivity index (χ4v) is 13.9. The lowest BCUT2D eigenvalue weighted by Gasteiger charge is -2.21. The Balaban J connectivity index is 5.21. The Labute approximate surface area is 607 Å². The zero-order valence-electron chi connectivity index (χ0n) is 64.8. The average Bonchev–Trinajstić information content (AvgIpc) is 0.959. The van der Waals surface area contributed by atoms with Crippen molar-refractivity contribution in [1.29, 1.82) is 0 Å². The average molecular weight is 1450 g/mol. The van der Waals surface area contributed by atoms with Gasteiger partial charge in [-0.1, -0.05) is 369 Å². The van der Waals surface area contributed by atoms with Gasteiger partial charge in [0.2, 0.25) is 0 Å². The van der Waals surface area contributed by atoms with Gasteiger partial charge < -0.3 is 33.8 Å². The standard InChI is InChI=1S/C80H156O17P2/c1-7-10-12-14-16-18-20-21-22-25-29-32-36-39-43-50-56-62-77(82)90-68-75(96-80(85)65-59-53-45-41-37-33-30-27-24-23-26-28-31-35-38-42-48-54-60-72(4)5)70-94-98(86,87)92-66-74(81)67-93-99(88,89)95-71-76(69-91-78(83)63-57-51-47-46-49-55-61-73(6)9-3)97-79(84)64-58-52-44-40-34-19-17-15-13-11-8-2/h72-76,81H,7-71H2,1-6H3,(H,86,87)(H,88,89)/t73?,74-,75-,76-/m1/s1.